The minimum Gasteiger partial charge on any atom is -0.379 e. The molecule has 0 radical (unpaired) electrons. The maximum Gasteiger partial charge on any atom is 0.0632 e. The lowest BCUT2D eigenvalue weighted by molar-refractivity contribution is -0.0577. The number of benzene rings is 1. The second-order valence-corrected chi connectivity index (χ2v) is 6.45. The summed E-state index contributed by atoms with van der Waals surface area (Å²) < 4.78 is 5.28. The molecule has 0 bridgehead atoms. The fraction of sp³-hybridized carbons (Fsp3) is 0.500. The van der Waals surface area contributed by atoms with Gasteiger partial charge in [-0.05, 0) is 17.7 Å². The van der Waals surface area contributed by atoms with Crippen molar-refractivity contribution < 1.29 is 4.74 Å². The number of rotatable bonds is 4. The van der Waals surface area contributed by atoms with E-state index in [-0.39, 0.29) is 5.41 Å². The summed E-state index contributed by atoms with van der Waals surface area (Å²) in [4.78, 5) is 1.29. The molecule has 0 spiro atoms. The summed E-state index contributed by atoms with van der Waals surface area (Å²) in [7, 11) is 0. The zero-order valence-corrected chi connectivity index (χ0v) is 11.1. The van der Waals surface area contributed by atoms with Gasteiger partial charge < -0.3 is 4.74 Å². The van der Waals surface area contributed by atoms with Crippen LogP contribution in [0.4, 0.5) is 0 Å². The molecule has 2 rings (SSSR count). The molecule has 0 aliphatic carbocycles. The summed E-state index contributed by atoms with van der Waals surface area (Å²) in [5.74, 6) is 0. The van der Waals surface area contributed by atoms with Crippen molar-refractivity contribution in [3.63, 3.8) is 0 Å². The van der Waals surface area contributed by atoms with E-state index >= 15 is 0 Å². The molecule has 0 N–H and O–H groups in total. The van der Waals surface area contributed by atoms with Gasteiger partial charge in [-0.3, -0.25) is 0 Å². The topological polar surface area (TPSA) is 33.0 Å². The summed E-state index contributed by atoms with van der Waals surface area (Å²) in [6.45, 7) is 5.74. The van der Waals surface area contributed by atoms with Crippen LogP contribution >= 0.6 is 11.8 Å². The van der Waals surface area contributed by atoms with Crippen LogP contribution in [0.1, 0.15) is 25.8 Å². The summed E-state index contributed by atoms with van der Waals surface area (Å²) in [6.07, 6.45) is 0.545. The maximum absolute atomic E-state index is 8.89. The molecule has 17 heavy (non-hydrogen) atoms. The molecule has 0 atom stereocenters. The molecule has 1 aromatic rings. The lowest BCUT2D eigenvalue weighted by atomic mass is 9.76. The van der Waals surface area contributed by atoms with Crippen molar-refractivity contribution in [1.29, 1.82) is 5.26 Å². The normalized spacial score (nSPS) is 17.5. The van der Waals surface area contributed by atoms with Gasteiger partial charge in [-0.1, -0.05) is 26.0 Å². The van der Waals surface area contributed by atoms with Crippen LogP contribution in [0, 0.1) is 11.3 Å². The van der Waals surface area contributed by atoms with Gasteiger partial charge in [-0.15, -0.1) is 11.8 Å². The van der Waals surface area contributed by atoms with Crippen molar-refractivity contribution in [2.45, 2.75) is 35.8 Å². The highest BCUT2D eigenvalue weighted by atomic mass is 32.2. The summed E-state index contributed by atoms with van der Waals surface area (Å²) in [5.41, 5.74) is 1.19. The van der Waals surface area contributed by atoms with Crippen molar-refractivity contribution in [3.05, 3.63) is 29.8 Å². The van der Waals surface area contributed by atoms with E-state index in [0.717, 1.165) is 0 Å². The predicted molar refractivity (Wildman–Crippen MR) is 70.2 cm³/mol. The Hall–Kier alpha value is -0.980. The van der Waals surface area contributed by atoms with Gasteiger partial charge in [0.25, 0.3) is 0 Å². The van der Waals surface area contributed by atoms with Gasteiger partial charge in [-0.2, -0.15) is 5.26 Å². The van der Waals surface area contributed by atoms with Crippen LogP contribution in [0.2, 0.25) is 0 Å². The quantitative estimate of drug-likeness (QED) is 0.765. The third-order valence-corrected chi connectivity index (χ3v) is 4.03. The van der Waals surface area contributed by atoms with Gasteiger partial charge >= 0.3 is 0 Å². The van der Waals surface area contributed by atoms with Crippen LogP contribution in [0.25, 0.3) is 0 Å². The standard InChI is InChI=1S/C14H17NOS/c1-11(2)17-13-5-3-12(4-6-13)14(7-8-15)9-16-10-14/h3-6,11H,7,9-10H2,1-2H3. The Balaban J connectivity index is 2.14. The Bertz CT molecular complexity index is 415. The Morgan fingerprint density at radius 3 is 2.41 bits per heavy atom. The highest BCUT2D eigenvalue weighted by Crippen LogP contribution is 2.36. The van der Waals surface area contributed by atoms with Crippen LogP contribution in [0.15, 0.2) is 29.2 Å². The first-order valence-electron chi connectivity index (χ1n) is 5.88. The maximum atomic E-state index is 8.89. The second kappa shape index (κ2) is 5.12. The first kappa shape index (κ1) is 12.5. The molecule has 1 aliphatic rings. The third kappa shape index (κ3) is 2.65. The SMILES string of the molecule is CC(C)Sc1ccc(C2(CC#N)COC2)cc1. The highest BCUT2D eigenvalue weighted by Gasteiger charge is 2.40. The Labute approximate surface area is 107 Å². The monoisotopic (exact) mass is 247 g/mol. The van der Waals surface area contributed by atoms with Crippen molar-refractivity contribution in [1.82, 2.24) is 0 Å². The minimum atomic E-state index is -0.0459. The molecule has 0 amide bonds. The van der Waals surface area contributed by atoms with Crippen molar-refractivity contribution in [3.8, 4) is 6.07 Å². The first-order valence-corrected chi connectivity index (χ1v) is 6.76. The molecular formula is C14H17NOS. The van der Waals surface area contributed by atoms with Gasteiger partial charge in [-0.25, -0.2) is 0 Å². The smallest absolute Gasteiger partial charge is 0.0632 e. The molecule has 1 aromatic carbocycles. The minimum absolute atomic E-state index is 0.0459. The molecule has 1 saturated heterocycles. The van der Waals surface area contributed by atoms with Gasteiger partial charge in [0.2, 0.25) is 0 Å². The van der Waals surface area contributed by atoms with E-state index in [1.165, 1.54) is 10.5 Å². The van der Waals surface area contributed by atoms with Crippen LogP contribution in [-0.2, 0) is 10.2 Å². The van der Waals surface area contributed by atoms with Crippen molar-refractivity contribution in [2.75, 3.05) is 13.2 Å². The third-order valence-electron chi connectivity index (χ3n) is 3.01. The molecule has 0 unspecified atom stereocenters. The Morgan fingerprint density at radius 1 is 1.35 bits per heavy atom. The fourth-order valence-corrected chi connectivity index (χ4v) is 2.87. The van der Waals surface area contributed by atoms with E-state index in [2.05, 4.69) is 44.2 Å². The largest absolute Gasteiger partial charge is 0.379 e. The molecule has 1 heterocycles. The average molecular weight is 247 g/mol. The number of thioether (sulfide) groups is 1. The summed E-state index contributed by atoms with van der Waals surface area (Å²) in [5, 5.41) is 9.49. The van der Waals surface area contributed by atoms with Crippen LogP contribution in [0.5, 0.6) is 0 Å². The Morgan fingerprint density at radius 2 is 2.00 bits per heavy atom. The fourth-order valence-electron chi connectivity index (χ4n) is 2.03. The molecule has 90 valence electrons. The summed E-state index contributed by atoms with van der Waals surface area (Å²) >= 11 is 1.86. The van der Waals surface area contributed by atoms with E-state index in [1.54, 1.807) is 0 Å². The van der Waals surface area contributed by atoms with E-state index in [1.807, 2.05) is 11.8 Å². The summed E-state index contributed by atoms with van der Waals surface area (Å²) in [6, 6.07) is 10.9. The lowest BCUT2D eigenvalue weighted by Crippen LogP contribution is -2.46. The molecule has 0 saturated carbocycles. The number of nitrogens with zero attached hydrogens (tertiary/aromatic N) is 1. The Kier molecular flexibility index (Phi) is 3.76. The van der Waals surface area contributed by atoms with Gasteiger partial charge in [0.15, 0.2) is 0 Å². The number of nitriles is 1. The van der Waals surface area contributed by atoms with Crippen LogP contribution in [0.3, 0.4) is 0 Å². The predicted octanol–water partition coefficient (Wildman–Crippen LogP) is 3.37. The van der Waals surface area contributed by atoms with E-state index in [0.29, 0.717) is 24.9 Å². The van der Waals surface area contributed by atoms with Gasteiger partial charge in [0.05, 0.1) is 24.7 Å². The average Bonchev–Trinajstić information content (AvgIpc) is 2.24. The second-order valence-electron chi connectivity index (χ2n) is 4.80. The van der Waals surface area contributed by atoms with Crippen molar-refractivity contribution in [2.24, 2.45) is 0 Å². The van der Waals surface area contributed by atoms with Crippen LogP contribution in [-0.4, -0.2) is 18.5 Å². The van der Waals surface area contributed by atoms with Crippen molar-refractivity contribution >= 4 is 11.8 Å². The molecule has 1 fully saturated rings. The van der Waals surface area contributed by atoms with E-state index < -0.39 is 0 Å². The lowest BCUT2D eigenvalue weighted by Gasteiger charge is -2.40. The number of hydrogen-bond acceptors (Lipinski definition) is 3. The van der Waals surface area contributed by atoms with E-state index in [4.69, 9.17) is 10.00 Å². The first-order chi connectivity index (χ1) is 8.16. The van der Waals surface area contributed by atoms with Gasteiger partial charge in [0, 0.05) is 16.6 Å². The highest BCUT2D eigenvalue weighted by molar-refractivity contribution is 7.99. The molecular weight excluding hydrogens is 230 g/mol. The molecule has 3 heteroatoms. The molecule has 1 aliphatic heterocycles. The van der Waals surface area contributed by atoms with E-state index in [9.17, 15) is 0 Å². The van der Waals surface area contributed by atoms with Gasteiger partial charge in [0.1, 0.15) is 0 Å². The number of hydrogen-bond donors (Lipinski definition) is 0. The van der Waals surface area contributed by atoms with Crippen LogP contribution < -0.4 is 0 Å². The zero-order valence-electron chi connectivity index (χ0n) is 10.3. The zero-order chi connectivity index (χ0) is 12.3. The molecule has 2 nitrogen and oxygen atoms in total. The number of ether oxygens (including phenoxy) is 1. The molecule has 0 aromatic heterocycles.